The third-order valence-corrected chi connectivity index (χ3v) is 5.58. The average molecular weight is 449 g/mol. The molecule has 2 N–H and O–H groups in total. The molecule has 1 fully saturated rings. The number of pyridine rings is 2. The summed E-state index contributed by atoms with van der Waals surface area (Å²) < 4.78 is 7.48. The Kier molecular flexibility index (Phi) is 5.55. The van der Waals surface area contributed by atoms with Gasteiger partial charge in [0.1, 0.15) is 23.1 Å². The van der Waals surface area contributed by atoms with Gasteiger partial charge in [0, 0.05) is 58.6 Å². The van der Waals surface area contributed by atoms with Crippen LogP contribution in [0.3, 0.4) is 0 Å². The Hall–Kier alpha value is -3.72. The molecule has 4 aromatic rings. The number of nitrogens with zero attached hydrogens (tertiary/aromatic N) is 6. The smallest absolute Gasteiger partial charge is 0.232 e. The number of anilines is 5. The molecule has 0 unspecified atom stereocenters. The zero-order valence-corrected chi connectivity index (χ0v) is 19.1. The average Bonchev–Trinajstić information content (AvgIpc) is 3.27. The van der Waals surface area contributed by atoms with Crippen LogP contribution in [-0.2, 0) is 10.2 Å². The zero-order valence-electron chi connectivity index (χ0n) is 19.1. The topological polar surface area (TPSA) is 92.5 Å². The van der Waals surface area contributed by atoms with E-state index >= 15 is 0 Å². The Bertz CT molecular complexity index is 1270. The fraction of sp³-hybridized carbons (Fsp3) is 0.333. The molecule has 0 atom stereocenters. The van der Waals surface area contributed by atoms with Crippen molar-refractivity contribution in [2.45, 2.75) is 26.2 Å². The number of hydrogen-bond donors (Lipinski definition) is 2. The highest BCUT2D eigenvalue weighted by Crippen LogP contribution is 2.27. The Morgan fingerprint density at radius 2 is 1.76 bits per heavy atom. The van der Waals surface area contributed by atoms with Gasteiger partial charge in [-0.2, -0.15) is 9.97 Å². The summed E-state index contributed by atoms with van der Waals surface area (Å²) in [5.74, 6) is 2.73. The van der Waals surface area contributed by atoms with E-state index in [1.54, 1.807) is 6.20 Å². The second kappa shape index (κ2) is 8.67. The van der Waals surface area contributed by atoms with Crippen LogP contribution >= 0.6 is 0 Å². The second-order valence-electron chi connectivity index (χ2n) is 9.07. The molecule has 33 heavy (non-hydrogen) atoms. The molecule has 0 saturated carbocycles. The zero-order chi connectivity index (χ0) is 22.8. The van der Waals surface area contributed by atoms with Gasteiger partial charge in [0.05, 0.1) is 13.2 Å². The number of hydrogen-bond acceptors (Lipinski definition) is 8. The van der Waals surface area contributed by atoms with E-state index in [1.807, 2.05) is 53.3 Å². The molecule has 0 spiro atoms. The maximum atomic E-state index is 5.52. The molecule has 174 valence electrons. The van der Waals surface area contributed by atoms with Crippen molar-refractivity contribution in [2.75, 3.05) is 41.8 Å². The monoisotopic (exact) mass is 448 g/mol. The van der Waals surface area contributed by atoms with Gasteiger partial charge in [-0.15, -0.1) is 0 Å². The molecule has 0 aromatic carbocycles. The maximum Gasteiger partial charge on any atom is 0.232 e. The molecule has 5 rings (SSSR count). The van der Waals surface area contributed by atoms with Crippen molar-refractivity contribution in [1.82, 2.24) is 24.3 Å². The molecule has 1 saturated heterocycles. The molecule has 0 radical (unpaired) electrons. The van der Waals surface area contributed by atoms with Crippen LogP contribution in [0, 0.1) is 0 Å². The molecular formula is C24H32N8O. The summed E-state index contributed by atoms with van der Waals surface area (Å²) in [5.41, 5.74) is 2.98. The van der Waals surface area contributed by atoms with Crippen molar-refractivity contribution in [3.05, 3.63) is 60.7 Å². The quantitative estimate of drug-likeness (QED) is 0.456. The Balaban J connectivity index is 0.00000171. The molecule has 0 aliphatic carbocycles. The number of ether oxygens (including phenoxy) is 1. The van der Waals surface area contributed by atoms with Crippen molar-refractivity contribution in [2.24, 2.45) is 0 Å². The predicted molar refractivity (Wildman–Crippen MR) is 134 cm³/mol. The fourth-order valence-electron chi connectivity index (χ4n) is 3.72. The highest BCUT2D eigenvalue weighted by molar-refractivity contribution is 5.65. The molecule has 4 aromatic heterocycles. The standard InChI is InChI=1S/C24H28N8O.2H2/c1-24(2,3)17-4-6-25-19(14-17)28-23-29-20(16-22(30-23)32-10-12-33-13-11-32)27-18-5-8-31-9-7-26-21(31)15-18;;/h4-9,14-16H,10-13H2,1-3H3,(H2,25,27,28,29,30);2*1H. The van der Waals surface area contributed by atoms with E-state index in [0.717, 1.165) is 30.2 Å². The fourth-order valence-corrected chi connectivity index (χ4v) is 3.72. The van der Waals surface area contributed by atoms with Crippen molar-refractivity contribution < 1.29 is 7.59 Å². The minimum Gasteiger partial charge on any atom is -0.378 e. The van der Waals surface area contributed by atoms with Crippen LogP contribution in [0.4, 0.5) is 29.1 Å². The van der Waals surface area contributed by atoms with E-state index in [9.17, 15) is 0 Å². The van der Waals surface area contributed by atoms with Crippen molar-refractivity contribution >= 4 is 34.7 Å². The highest BCUT2D eigenvalue weighted by atomic mass is 16.5. The first kappa shape index (κ1) is 21.1. The number of morpholine rings is 1. The Morgan fingerprint density at radius 1 is 0.909 bits per heavy atom. The number of fused-ring (bicyclic) bond motifs is 1. The van der Waals surface area contributed by atoms with Crippen LogP contribution in [-0.4, -0.2) is 50.6 Å². The molecule has 1 aliphatic heterocycles. The van der Waals surface area contributed by atoms with Crippen LogP contribution in [0.25, 0.3) is 5.65 Å². The van der Waals surface area contributed by atoms with Crippen LogP contribution in [0.2, 0.25) is 0 Å². The largest absolute Gasteiger partial charge is 0.378 e. The minimum absolute atomic E-state index is 0. The van der Waals surface area contributed by atoms with E-state index in [4.69, 9.17) is 14.7 Å². The summed E-state index contributed by atoms with van der Waals surface area (Å²) in [6.07, 6.45) is 7.48. The van der Waals surface area contributed by atoms with E-state index < -0.39 is 0 Å². The van der Waals surface area contributed by atoms with Crippen LogP contribution < -0.4 is 15.5 Å². The lowest BCUT2D eigenvalue weighted by Crippen LogP contribution is -2.36. The number of aromatic nitrogens is 5. The van der Waals surface area contributed by atoms with Gasteiger partial charge in [-0.3, -0.25) is 0 Å². The van der Waals surface area contributed by atoms with Crippen molar-refractivity contribution in [1.29, 1.82) is 0 Å². The van der Waals surface area contributed by atoms with Crippen molar-refractivity contribution in [3.8, 4) is 0 Å². The summed E-state index contributed by atoms with van der Waals surface area (Å²) in [6, 6.07) is 10.0. The van der Waals surface area contributed by atoms with Crippen LogP contribution in [0.5, 0.6) is 0 Å². The second-order valence-corrected chi connectivity index (χ2v) is 9.07. The van der Waals surface area contributed by atoms with E-state index in [-0.39, 0.29) is 8.27 Å². The molecule has 0 bridgehead atoms. The van der Waals surface area contributed by atoms with Gasteiger partial charge < -0.3 is 24.7 Å². The number of rotatable bonds is 5. The SMILES string of the molecule is CC(C)(C)c1ccnc(Nc2nc(Nc3ccn4ccnc4c3)cc(N3CCOCC3)n2)c1.[HH].[HH]. The first-order valence-electron chi connectivity index (χ1n) is 11.1. The molecule has 9 nitrogen and oxygen atoms in total. The summed E-state index contributed by atoms with van der Waals surface area (Å²) in [5, 5.41) is 6.70. The summed E-state index contributed by atoms with van der Waals surface area (Å²) in [6.45, 7) is 9.48. The Morgan fingerprint density at radius 3 is 2.58 bits per heavy atom. The maximum absolute atomic E-state index is 5.52. The van der Waals surface area contributed by atoms with E-state index in [0.29, 0.717) is 30.8 Å². The summed E-state index contributed by atoms with van der Waals surface area (Å²) in [7, 11) is 0. The van der Waals surface area contributed by atoms with Crippen LogP contribution in [0.1, 0.15) is 29.2 Å². The normalized spacial score (nSPS) is 14.5. The molecule has 5 heterocycles. The third kappa shape index (κ3) is 4.88. The van der Waals surface area contributed by atoms with E-state index in [1.165, 1.54) is 5.56 Å². The van der Waals surface area contributed by atoms with Gasteiger partial charge >= 0.3 is 0 Å². The van der Waals surface area contributed by atoms with E-state index in [2.05, 4.69) is 46.3 Å². The number of nitrogens with one attached hydrogen (secondary N) is 2. The summed E-state index contributed by atoms with van der Waals surface area (Å²) in [4.78, 5) is 20.5. The van der Waals surface area contributed by atoms with Gasteiger partial charge in [0.2, 0.25) is 5.95 Å². The first-order valence-corrected chi connectivity index (χ1v) is 11.1. The number of imidazole rings is 1. The predicted octanol–water partition coefficient (Wildman–Crippen LogP) is 4.63. The van der Waals surface area contributed by atoms with Gasteiger partial charge in [0.25, 0.3) is 0 Å². The lowest BCUT2D eigenvalue weighted by atomic mass is 9.88. The van der Waals surface area contributed by atoms with Gasteiger partial charge in [-0.1, -0.05) is 20.8 Å². The lowest BCUT2D eigenvalue weighted by molar-refractivity contribution is 0.122. The van der Waals surface area contributed by atoms with Gasteiger partial charge in [0.15, 0.2) is 0 Å². The van der Waals surface area contributed by atoms with Crippen LogP contribution in [0.15, 0.2) is 55.1 Å². The molecule has 9 heteroatoms. The molecule has 0 amide bonds. The van der Waals surface area contributed by atoms with Gasteiger partial charge in [-0.05, 0) is 29.2 Å². The molecular weight excluding hydrogens is 416 g/mol. The summed E-state index contributed by atoms with van der Waals surface area (Å²) >= 11 is 0. The lowest BCUT2D eigenvalue weighted by Gasteiger charge is -2.28. The highest BCUT2D eigenvalue weighted by Gasteiger charge is 2.17. The van der Waals surface area contributed by atoms with Crippen molar-refractivity contribution in [3.63, 3.8) is 0 Å². The third-order valence-electron chi connectivity index (χ3n) is 5.58. The Labute approximate surface area is 195 Å². The van der Waals surface area contributed by atoms with Gasteiger partial charge in [-0.25, -0.2) is 9.97 Å². The minimum atomic E-state index is 0. The molecule has 1 aliphatic rings. The first-order chi connectivity index (χ1) is 15.9.